The minimum Gasteiger partial charge on any atom is -0.508 e. The summed E-state index contributed by atoms with van der Waals surface area (Å²) in [5.74, 6) is 1.51. The highest BCUT2D eigenvalue weighted by Crippen LogP contribution is 2.32. The van der Waals surface area contributed by atoms with Gasteiger partial charge < -0.3 is 14.8 Å². The van der Waals surface area contributed by atoms with Gasteiger partial charge in [0.1, 0.15) is 17.3 Å². The molecule has 0 saturated carbocycles. The first kappa shape index (κ1) is 11.6. The maximum Gasteiger partial charge on any atom is 0.142 e. The molecule has 0 unspecified atom stereocenters. The first-order valence-electron chi connectivity index (χ1n) is 6.02. The molecular formula is C15H14N2O2. The van der Waals surface area contributed by atoms with Crippen molar-refractivity contribution in [1.29, 1.82) is 0 Å². The van der Waals surface area contributed by atoms with Gasteiger partial charge in [0, 0.05) is 6.07 Å². The number of aryl methyl sites for hydroxylation is 1. The third kappa shape index (κ3) is 1.91. The number of para-hydroxylation sites is 1. The lowest BCUT2D eigenvalue weighted by atomic mass is 10.2. The number of nitrogens with zero attached hydrogens (tertiary/aromatic N) is 1. The first-order chi connectivity index (χ1) is 9.19. The van der Waals surface area contributed by atoms with Gasteiger partial charge >= 0.3 is 0 Å². The molecule has 96 valence electrons. The highest BCUT2D eigenvalue weighted by molar-refractivity contribution is 5.83. The van der Waals surface area contributed by atoms with Gasteiger partial charge in [-0.1, -0.05) is 12.1 Å². The number of nitrogens with one attached hydrogen (secondary N) is 1. The van der Waals surface area contributed by atoms with Crippen LogP contribution in [0.15, 0.2) is 36.4 Å². The van der Waals surface area contributed by atoms with Crippen LogP contribution in [0.4, 0.5) is 0 Å². The molecule has 19 heavy (non-hydrogen) atoms. The molecule has 0 aliphatic rings. The van der Waals surface area contributed by atoms with Crippen LogP contribution in [-0.4, -0.2) is 22.2 Å². The second kappa shape index (κ2) is 4.31. The van der Waals surface area contributed by atoms with Crippen LogP contribution in [0.1, 0.15) is 5.56 Å². The average Bonchev–Trinajstić information content (AvgIpc) is 2.83. The van der Waals surface area contributed by atoms with E-state index in [1.807, 2.05) is 25.1 Å². The topological polar surface area (TPSA) is 58.1 Å². The number of hydrogen-bond donors (Lipinski definition) is 2. The van der Waals surface area contributed by atoms with Crippen LogP contribution < -0.4 is 4.74 Å². The fourth-order valence-electron chi connectivity index (χ4n) is 2.18. The molecule has 3 aromatic rings. The van der Waals surface area contributed by atoms with Crippen LogP contribution in [0.5, 0.6) is 11.5 Å². The summed E-state index contributed by atoms with van der Waals surface area (Å²) in [6.45, 7) is 2.03. The van der Waals surface area contributed by atoms with E-state index in [-0.39, 0.29) is 5.75 Å². The predicted octanol–water partition coefficient (Wildman–Crippen LogP) is 3.25. The smallest absolute Gasteiger partial charge is 0.142 e. The molecule has 0 atom stereocenters. The van der Waals surface area contributed by atoms with Crippen molar-refractivity contribution in [2.24, 2.45) is 0 Å². The van der Waals surface area contributed by atoms with Gasteiger partial charge in [-0.05, 0) is 30.7 Å². The number of hydrogen-bond acceptors (Lipinski definition) is 3. The number of aromatic amines is 1. The minimum atomic E-state index is 0.174. The zero-order valence-corrected chi connectivity index (χ0v) is 10.8. The van der Waals surface area contributed by atoms with Crippen molar-refractivity contribution in [2.45, 2.75) is 6.92 Å². The molecule has 0 fully saturated rings. The minimum absolute atomic E-state index is 0.174. The largest absolute Gasteiger partial charge is 0.508 e. The van der Waals surface area contributed by atoms with Gasteiger partial charge in [0.05, 0.1) is 23.7 Å². The predicted molar refractivity (Wildman–Crippen MR) is 74.5 cm³/mol. The molecule has 0 aliphatic carbocycles. The van der Waals surface area contributed by atoms with Crippen LogP contribution in [0.3, 0.4) is 0 Å². The number of phenols is 1. The fourth-order valence-corrected chi connectivity index (χ4v) is 2.18. The second-order valence-corrected chi connectivity index (χ2v) is 4.44. The van der Waals surface area contributed by atoms with Crippen molar-refractivity contribution < 1.29 is 9.84 Å². The zero-order chi connectivity index (χ0) is 13.4. The Bertz CT molecular complexity index is 747. The molecule has 0 bridgehead atoms. The number of aromatic nitrogens is 2. The quantitative estimate of drug-likeness (QED) is 0.738. The zero-order valence-electron chi connectivity index (χ0n) is 10.8. The Hall–Kier alpha value is -2.49. The summed E-state index contributed by atoms with van der Waals surface area (Å²) in [5.41, 5.74) is 3.89. The van der Waals surface area contributed by atoms with Gasteiger partial charge in [0.25, 0.3) is 0 Å². The number of fused-ring (bicyclic) bond motifs is 1. The molecule has 2 aromatic carbocycles. The highest BCUT2D eigenvalue weighted by atomic mass is 16.5. The van der Waals surface area contributed by atoms with E-state index in [1.165, 1.54) is 0 Å². The van der Waals surface area contributed by atoms with Gasteiger partial charge in [-0.25, -0.2) is 4.98 Å². The summed E-state index contributed by atoms with van der Waals surface area (Å²) in [6, 6.07) is 11.0. The molecular weight excluding hydrogens is 240 g/mol. The Kier molecular flexibility index (Phi) is 2.63. The Balaban J connectivity index is 2.22. The summed E-state index contributed by atoms with van der Waals surface area (Å²) in [5, 5.41) is 9.49. The summed E-state index contributed by atoms with van der Waals surface area (Å²) in [6.07, 6.45) is 0. The molecule has 3 rings (SSSR count). The number of ether oxygens (including phenoxy) is 1. The standard InChI is InChI=1S/C15H14N2O2/c1-9-4-3-5-12-14(9)17-15(16-12)11-7-6-10(18)8-13(11)19-2/h3-8,18H,1-2H3,(H,16,17). The molecule has 1 heterocycles. The lowest BCUT2D eigenvalue weighted by Crippen LogP contribution is -1.89. The number of phenolic OH excluding ortho intramolecular Hbond substituents is 1. The molecule has 0 spiro atoms. The Labute approximate surface area is 110 Å². The monoisotopic (exact) mass is 254 g/mol. The van der Waals surface area contributed by atoms with Gasteiger partial charge in [0.2, 0.25) is 0 Å². The van der Waals surface area contributed by atoms with E-state index in [2.05, 4.69) is 9.97 Å². The Morgan fingerprint density at radius 1 is 1.21 bits per heavy atom. The van der Waals surface area contributed by atoms with Gasteiger partial charge in [-0.15, -0.1) is 0 Å². The van der Waals surface area contributed by atoms with Crippen LogP contribution in [-0.2, 0) is 0 Å². The van der Waals surface area contributed by atoms with E-state index in [0.29, 0.717) is 5.75 Å². The molecule has 4 nitrogen and oxygen atoms in total. The maximum absolute atomic E-state index is 9.49. The number of H-pyrrole nitrogens is 1. The summed E-state index contributed by atoms with van der Waals surface area (Å²) in [4.78, 5) is 7.88. The number of aromatic hydroxyl groups is 1. The van der Waals surface area contributed by atoms with Crippen LogP contribution in [0, 0.1) is 6.92 Å². The van der Waals surface area contributed by atoms with Crippen molar-refractivity contribution in [3.8, 4) is 22.9 Å². The maximum atomic E-state index is 9.49. The van der Waals surface area contributed by atoms with E-state index in [0.717, 1.165) is 28.0 Å². The van der Waals surface area contributed by atoms with Crippen LogP contribution in [0.2, 0.25) is 0 Å². The summed E-state index contributed by atoms with van der Waals surface area (Å²) in [7, 11) is 1.58. The third-order valence-electron chi connectivity index (χ3n) is 3.15. The van der Waals surface area contributed by atoms with E-state index in [1.54, 1.807) is 25.3 Å². The van der Waals surface area contributed by atoms with Crippen molar-refractivity contribution in [3.63, 3.8) is 0 Å². The molecule has 0 amide bonds. The number of imidazole rings is 1. The lowest BCUT2D eigenvalue weighted by Gasteiger charge is -2.06. The molecule has 0 radical (unpaired) electrons. The van der Waals surface area contributed by atoms with E-state index in [4.69, 9.17) is 4.74 Å². The fraction of sp³-hybridized carbons (Fsp3) is 0.133. The summed E-state index contributed by atoms with van der Waals surface area (Å²) >= 11 is 0. The van der Waals surface area contributed by atoms with Gasteiger partial charge in [-0.3, -0.25) is 0 Å². The number of rotatable bonds is 2. The Morgan fingerprint density at radius 2 is 2.05 bits per heavy atom. The molecule has 0 saturated heterocycles. The number of benzene rings is 2. The normalized spacial score (nSPS) is 10.8. The molecule has 2 N–H and O–H groups in total. The summed E-state index contributed by atoms with van der Waals surface area (Å²) < 4.78 is 5.29. The first-order valence-corrected chi connectivity index (χ1v) is 6.02. The van der Waals surface area contributed by atoms with Crippen molar-refractivity contribution >= 4 is 11.0 Å². The third-order valence-corrected chi connectivity index (χ3v) is 3.15. The number of methoxy groups -OCH3 is 1. The molecule has 0 aliphatic heterocycles. The van der Waals surface area contributed by atoms with Crippen molar-refractivity contribution in [1.82, 2.24) is 9.97 Å². The van der Waals surface area contributed by atoms with E-state index < -0.39 is 0 Å². The van der Waals surface area contributed by atoms with Crippen LogP contribution >= 0.6 is 0 Å². The molecule has 4 heteroatoms. The second-order valence-electron chi connectivity index (χ2n) is 4.44. The highest BCUT2D eigenvalue weighted by Gasteiger charge is 2.12. The Morgan fingerprint density at radius 3 is 2.79 bits per heavy atom. The van der Waals surface area contributed by atoms with E-state index >= 15 is 0 Å². The van der Waals surface area contributed by atoms with Crippen molar-refractivity contribution in [2.75, 3.05) is 7.11 Å². The average molecular weight is 254 g/mol. The van der Waals surface area contributed by atoms with E-state index in [9.17, 15) is 5.11 Å². The lowest BCUT2D eigenvalue weighted by molar-refractivity contribution is 0.409. The van der Waals surface area contributed by atoms with Gasteiger partial charge in [0.15, 0.2) is 0 Å². The molecule has 1 aromatic heterocycles. The SMILES string of the molecule is COc1cc(O)ccc1-c1nc2c(C)cccc2[nH]1. The van der Waals surface area contributed by atoms with Crippen LogP contribution in [0.25, 0.3) is 22.4 Å². The van der Waals surface area contributed by atoms with Crippen molar-refractivity contribution in [3.05, 3.63) is 42.0 Å². The van der Waals surface area contributed by atoms with Gasteiger partial charge in [-0.2, -0.15) is 0 Å².